The summed E-state index contributed by atoms with van der Waals surface area (Å²) in [5, 5.41) is 7.11. The second-order valence-corrected chi connectivity index (χ2v) is 6.82. The fourth-order valence-corrected chi connectivity index (χ4v) is 3.44. The van der Waals surface area contributed by atoms with E-state index in [0.717, 1.165) is 30.5 Å². The summed E-state index contributed by atoms with van der Waals surface area (Å²) in [7, 11) is 0. The Kier molecular flexibility index (Phi) is 4.12. The standard InChI is InChI=1S/C14H20BrN3O2/c15-12-8-17-18(9-12)10-13(19)16-7-11-2-5-20-14(6-11)3-1-4-14/h8-9,11H,1-7,10H2,(H,16,19). The van der Waals surface area contributed by atoms with Crippen molar-refractivity contribution in [2.75, 3.05) is 13.2 Å². The third kappa shape index (κ3) is 3.23. The van der Waals surface area contributed by atoms with E-state index >= 15 is 0 Å². The van der Waals surface area contributed by atoms with Crippen molar-refractivity contribution in [3.8, 4) is 0 Å². The summed E-state index contributed by atoms with van der Waals surface area (Å²) >= 11 is 3.32. The number of aromatic nitrogens is 2. The largest absolute Gasteiger partial charge is 0.375 e. The second kappa shape index (κ2) is 5.85. The Labute approximate surface area is 127 Å². The van der Waals surface area contributed by atoms with Gasteiger partial charge in [-0.15, -0.1) is 0 Å². The highest BCUT2D eigenvalue weighted by atomic mass is 79.9. The molecule has 6 heteroatoms. The summed E-state index contributed by atoms with van der Waals surface area (Å²) in [5.74, 6) is 0.576. The Balaban J connectivity index is 1.43. The van der Waals surface area contributed by atoms with Crippen LogP contribution in [-0.4, -0.2) is 34.4 Å². The number of halogens is 1. The van der Waals surface area contributed by atoms with Gasteiger partial charge in [0.2, 0.25) is 5.91 Å². The molecule has 20 heavy (non-hydrogen) atoms. The molecule has 1 amide bonds. The summed E-state index contributed by atoms with van der Waals surface area (Å²) < 4.78 is 8.43. The van der Waals surface area contributed by atoms with Gasteiger partial charge in [-0.25, -0.2) is 0 Å². The maximum absolute atomic E-state index is 11.9. The average molecular weight is 342 g/mol. The monoisotopic (exact) mass is 341 g/mol. The number of nitrogens with zero attached hydrogens (tertiary/aromatic N) is 2. The van der Waals surface area contributed by atoms with Crippen molar-refractivity contribution >= 4 is 21.8 Å². The maximum Gasteiger partial charge on any atom is 0.241 e. The van der Waals surface area contributed by atoms with E-state index in [-0.39, 0.29) is 18.1 Å². The Morgan fingerprint density at radius 1 is 1.60 bits per heavy atom. The molecule has 0 aromatic carbocycles. The Morgan fingerprint density at radius 2 is 2.45 bits per heavy atom. The molecule has 1 aromatic heterocycles. The van der Waals surface area contributed by atoms with E-state index in [2.05, 4.69) is 26.3 Å². The number of amides is 1. The Hall–Kier alpha value is -0.880. The summed E-state index contributed by atoms with van der Waals surface area (Å²) in [6.45, 7) is 1.87. The molecule has 2 heterocycles. The molecule has 0 radical (unpaired) electrons. The molecule has 1 saturated carbocycles. The van der Waals surface area contributed by atoms with Crippen LogP contribution in [-0.2, 0) is 16.1 Å². The molecule has 1 unspecified atom stereocenters. The third-order valence-electron chi connectivity index (χ3n) is 4.36. The molecule has 1 N–H and O–H groups in total. The zero-order valence-corrected chi connectivity index (χ0v) is 13.1. The summed E-state index contributed by atoms with van der Waals surface area (Å²) in [6, 6.07) is 0. The first kappa shape index (κ1) is 14.1. The van der Waals surface area contributed by atoms with Gasteiger partial charge in [0, 0.05) is 19.3 Å². The number of rotatable bonds is 4. The first-order valence-electron chi connectivity index (χ1n) is 7.24. The predicted octanol–water partition coefficient (Wildman–Crippen LogP) is 2.11. The molecule has 1 spiro atoms. The maximum atomic E-state index is 11.9. The molecule has 5 nitrogen and oxygen atoms in total. The Morgan fingerprint density at radius 3 is 3.10 bits per heavy atom. The molecule has 1 aliphatic carbocycles. The van der Waals surface area contributed by atoms with Crippen molar-refractivity contribution in [2.45, 2.75) is 44.2 Å². The highest BCUT2D eigenvalue weighted by molar-refractivity contribution is 9.10. The molecule has 1 saturated heterocycles. The summed E-state index contributed by atoms with van der Waals surface area (Å²) in [4.78, 5) is 11.9. The lowest BCUT2D eigenvalue weighted by Gasteiger charge is -2.47. The number of ether oxygens (including phenoxy) is 1. The van der Waals surface area contributed by atoms with E-state index in [9.17, 15) is 4.79 Å². The number of hydrogen-bond donors (Lipinski definition) is 1. The van der Waals surface area contributed by atoms with Gasteiger partial charge in [-0.1, -0.05) is 0 Å². The topological polar surface area (TPSA) is 56.2 Å². The second-order valence-electron chi connectivity index (χ2n) is 5.90. The zero-order valence-electron chi connectivity index (χ0n) is 11.5. The number of nitrogens with one attached hydrogen (secondary N) is 1. The third-order valence-corrected chi connectivity index (χ3v) is 4.76. The van der Waals surface area contributed by atoms with Gasteiger partial charge in [0.05, 0.1) is 16.3 Å². The average Bonchev–Trinajstić information content (AvgIpc) is 2.80. The minimum Gasteiger partial charge on any atom is -0.375 e. The quantitative estimate of drug-likeness (QED) is 0.912. The van der Waals surface area contributed by atoms with Gasteiger partial charge in [-0.2, -0.15) is 5.10 Å². The van der Waals surface area contributed by atoms with Crippen LogP contribution in [0.15, 0.2) is 16.9 Å². The van der Waals surface area contributed by atoms with Crippen LogP contribution in [0.3, 0.4) is 0 Å². The van der Waals surface area contributed by atoms with Gasteiger partial charge in [0.1, 0.15) is 6.54 Å². The highest BCUT2D eigenvalue weighted by Gasteiger charge is 2.42. The molecule has 1 aromatic rings. The lowest BCUT2D eigenvalue weighted by molar-refractivity contribution is -0.144. The van der Waals surface area contributed by atoms with Crippen LogP contribution in [0.2, 0.25) is 0 Å². The molecule has 1 atom stereocenters. The van der Waals surface area contributed by atoms with Crippen molar-refractivity contribution in [3.05, 3.63) is 16.9 Å². The van der Waals surface area contributed by atoms with E-state index in [4.69, 9.17) is 4.74 Å². The van der Waals surface area contributed by atoms with Crippen molar-refractivity contribution in [3.63, 3.8) is 0 Å². The van der Waals surface area contributed by atoms with E-state index < -0.39 is 0 Å². The van der Waals surface area contributed by atoms with Gasteiger partial charge >= 0.3 is 0 Å². The minimum absolute atomic E-state index is 0.0229. The molecule has 110 valence electrons. The predicted molar refractivity (Wildman–Crippen MR) is 78.2 cm³/mol. The molecule has 2 fully saturated rings. The normalized spacial score (nSPS) is 24.4. The molecule has 2 aliphatic rings. The van der Waals surface area contributed by atoms with Crippen molar-refractivity contribution < 1.29 is 9.53 Å². The van der Waals surface area contributed by atoms with Crippen LogP contribution in [0.5, 0.6) is 0 Å². The van der Waals surface area contributed by atoms with Crippen LogP contribution in [0.25, 0.3) is 0 Å². The van der Waals surface area contributed by atoms with Crippen LogP contribution in [0.1, 0.15) is 32.1 Å². The summed E-state index contributed by atoms with van der Waals surface area (Å²) in [6.07, 6.45) is 9.31. The van der Waals surface area contributed by atoms with Crippen LogP contribution < -0.4 is 5.32 Å². The van der Waals surface area contributed by atoms with Crippen LogP contribution >= 0.6 is 15.9 Å². The lowest BCUT2D eigenvalue weighted by Crippen LogP contribution is -2.47. The molecule has 0 bridgehead atoms. The van der Waals surface area contributed by atoms with Crippen molar-refractivity contribution in [1.82, 2.24) is 15.1 Å². The molecular formula is C14H20BrN3O2. The Bertz CT molecular complexity index is 485. The van der Waals surface area contributed by atoms with E-state index in [1.165, 1.54) is 19.3 Å². The molecule has 3 rings (SSSR count). The summed E-state index contributed by atoms with van der Waals surface area (Å²) in [5.41, 5.74) is 0.153. The van der Waals surface area contributed by atoms with E-state index in [1.54, 1.807) is 17.1 Å². The smallest absolute Gasteiger partial charge is 0.241 e. The molecular weight excluding hydrogens is 322 g/mol. The van der Waals surface area contributed by atoms with Crippen LogP contribution in [0, 0.1) is 5.92 Å². The number of carbonyl (C=O) groups excluding carboxylic acids is 1. The van der Waals surface area contributed by atoms with E-state index in [0.29, 0.717) is 5.92 Å². The van der Waals surface area contributed by atoms with Crippen molar-refractivity contribution in [1.29, 1.82) is 0 Å². The van der Waals surface area contributed by atoms with Gasteiger partial charge in [0.25, 0.3) is 0 Å². The minimum atomic E-state index is 0.0229. The van der Waals surface area contributed by atoms with Gasteiger partial charge in [-0.05, 0) is 54.0 Å². The van der Waals surface area contributed by atoms with E-state index in [1.807, 2.05) is 0 Å². The van der Waals surface area contributed by atoms with Gasteiger partial charge < -0.3 is 10.1 Å². The zero-order chi connectivity index (χ0) is 14.0. The SMILES string of the molecule is O=C(Cn1cc(Br)cn1)NCC1CCOC2(CCC2)C1. The number of hydrogen-bond acceptors (Lipinski definition) is 3. The fourth-order valence-electron chi connectivity index (χ4n) is 3.11. The first-order chi connectivity index (χ1) is 9.65. The van der Waals surface area contributed by atoms with Crippen molar-refractivity contribution in [2.24, 2.45) is 5.92 Å². The molecule has 1 aliphatic heterocycles. The van der Waals surface area contributed by atoms with Crippen LogP contribution in [0.4, 0.5) is 0 Å². The first-order valence-corrected chi connectivity index (χ1v) is 8.03. The van der Waals surface area contributed by atoms with Gasteiger partial charge in [0.15, 0.2) is 0 Å². The van der Waals surface area contributed by atoms with Gasteiger partial charge in [-0.3, -0.25) is 9.48 Å². The lowest BCUT2D eigenvalue weighted by atomic mass is 9.72. The fraction of sp³-hybridized carbons (Fsp3) is 0.714. The highest BCUT2D eigenvalue weighted by Crippen LogP contribution is 2.43. The number of carbonyl (C=O) groups is 1.